The van der Waals surface area contributed by atoms with Crippen LogP contribution in [0, 0.1) is 6.92 Å². The summed E-state index contributed by atoms with van der Waals surface area (Å²) in [5.74, 6) is -0.0550. The second-order valence-corrected chi connectivity index (χ2v) is 5.83. The molecule has 1 amide bonds. The maximum absolute atomic E-state index is 12.2. The van der Waals surface area contributed by atoms with Crippen LogP contribution in [0.3, 0.4) is 0 Å². The Balaban J connectivity index is 1.83. The van der Waals surface area contributed by atoms with Gasteiger partial charge in [-0.15, -0.1) is 11.3 Å². The van der Waals surface area contributed by atoms with Gasteiger partial charge >= 0.3 is 0 Å². The topological polar surface area (TPSA) is 57.8 Å². The van der Waals surface area contributed by atoms with E-state index in [0.29, 0.717) is 0 Å². The van der Waals surface area contributed by atoms with E-state index < -0.39 is 0 Å². The summed E-state index contributed by atoms with van der Waals surface area (Å²) in [4.78, 5) is 14.3. The normalized spacial score (nSPS) is 10.9. The van der Waals surface area contributed by atoms with Crippen molar-refractivity contribution in [3.05, 3.63) is 45.8 Å². The summed E-state index contributed by atoms with van der Waals surface area (Å²) >= 11 is 1.56. The summed E-state index contributed by atoms with van der Waals surface area (Å²) < 4.78 is 0. The van der Waals surface area contributed by atoms with Crippen LogP contribution in [0.2, 0.25) is 0 Å². The van der Waals surface area contributed by atoms with Crippen molar-refractivity contribution in [2.45, 2.75) is 20.3 Å². The van der Waals surface area contributed by atoms with Crippen molar-refractivity contribution in [2.24, 2.45) is 0 Å². The lowest BCUT2D eigenvalue weighted by Crippen LogP contribution is -2.09. The molecule has 0 aliphatic carbocycles. The molecule has 5 heteroatoms. The van der Waals surface area contributed by atoms with Crippen LogP contribution in [-0.2, 0) is 6.42 Å². The fourth-order valence-electron chi connectivity index (χ4n) is 2.20. The van der Waals surface area contributed by atoms with Gasteiger partial charge in [0.2, 0.25) is 0 Å². The molecule has 0 spiro atoms. The number of nitrogens with one attached hydrogen (secondary N) is 2. The predicted octanol–water partition coefficient (Wildman–Crippen LogP) is 3.75. The van der Waals surface area contributed by atoms with Crippen LogP contribution in [0.1, 0.15) is 27.0 Å². The lowest BCUT2D eigenvalue weighted by molar-refractivity contribution is 0.103. The third kappa shape index (κ3) is 2.32. The van der Waals surface area contributed by atoms with Crippen LogP contribution in [0.5, 0.6) is 0 Å². The Kier molecular flexibility index (Phi) is 3.28. The molecule has 0 aliphatic rings. The lowest BCUT2D eigenvalue weighted by atomic mass is 10.2. The Morgan fingerprint density at radius 3 is 3.00 bits per heavy atom. The minimum atomic E-state index is -0.0550. The Hall–Kier alpha value is -2.14. The van der Waals surface area contributed by atoms with Gasteiger partial charge in [0.05, 0.1) is 16.6 Å². The van der Waals surface area contributed by atoms with E-state index in [9.17, 15) is 4.79 Å². The minimum Gasteiger partial charge on any atom is -0.321 e. The number of aromatic nitrogens is 2. The molecule has 20 heavy (non-hydrogen) atoms. The van der Waals surface area contributed by atoms with Gasteiger partial charge in [0, 0.05) is 16.0 Å². The fourth-order valence-corrected chi connectivity index (χ4v) is 3.21. The highest BCUT2D eigenvalue weighted by Gasteiger charge is 2.12. The van der Waals surface area contributed by atoms with Gasteiger partial charge in [-0.2, -0.15) is 5.10 Å². The van der Waals surface area contributed by atoms with Crippen molar-refractivity contribution in [3.63, 3.8) is 0 Å². The second kappa shape index (κ2) is 5.09. The quantitative estimate of drug-likeness (QED) is 0.770. The molecular weight excluding hydrogens is 270 g/mol. The summed E-state index contributed by atoms with van der Waals surface area (Å²) in [7, 11) is 0. The van der Waals surface area contributed by atoms with Crippen LogP contribution < -0.4 is 5.32 Å². The Morgan fingerprint density at radius 1 is 1.40 bits per heavy atom. The first kappa shape index (κ1) is 12.9. The second-order valence-electron chi connectivity index (χ2n) is 4.70. The van der Waals surface area contributed by atoms with E-state index in [4.69, 9.17) is 0 Å². The van der Waals surface area contributed by atoms with Crippen molar-refractivity contribution in [2.75, 3.05) is 5.32 Å². The number of benzene rings is 1. The first-order chi connectivity index (χ1) is 9.67. The van der Waals surface area contributed by atoms with E-state index in [2.05, 4.69) is 22.4 Å². The van der Waals surface area contributed by atoms with Gasteiger partial charge in [-0.1, -0.05) is 6.92 Å². The molecule has 102 valence electrons. The minimum absolute atomic E-state index is 0.0550. The summed E-state index contributed by atoms with van der Waals surface area (Å²) in [6.07, 6.45) is 2.71. The van der Waals surface area contributed by atoms with Crippen LogP contribution in [0.4, 0.5) is 5.69 Å². The number of rotatable bonds is 3. The molecule has 0 bridgehead atoms. The molecule has 0 saturated heterocycles. The lowest BCUT2D eigenvalue weighted by Gasteiger charge is -2.03. The molecule has 3 aromatic rings. The van der Waals surface area contributed by atoms with Gasteiger partial charge < -0.3 is 5.32 Å². The number of hydrogen-bond acceptors (Lipinski definition) is 3. The Morgan fingerprint density at radius 2 is 2.25 bits per heavy atom. The standard InChI is InChI=1S/C15H15N3OS/c1-3-13-9(2)6-14(20-13)15(19)17-11-4-5-12-10(7-11)8-16-18-12/h4-8H,3H2,1-2H3,(H,16,18)(H,17,19). The van der Waals surface area contributed by atoms with Gasteiger partial charge in [-0.25, -0.2) is 0 Å². The van der Waals surface area contributed by atoms with Crippen molar-refractivity contribution < 1.29 is 4.79 Å². The van der Waals surface area contributed by atoms with Gasteiger partial charge in [0.15, 0.2) is 0 Å². The number of fused-ring (bicyclic) bond motifs is 1. The summed E-state index contributed by atoms with van der Waals surface area (Å²) in [6, 6.07) is 7.65. The number of aryl methyl sites for hydroxylation is 2. The van der Waals surface area contributed by atoms with Crippen molar-refractivity contribution in [3.8, 4) is 0 Å². The predicted molar refractivity (Wildman–Crippen MR) is 82.5 cm³/mol. The van der Waals surface area contributed by atoms with Crippen LogP contribution >= 0.6 is 11.3 Å². The largest absolute Gasteiger partial charge is 0.321 e. The molecule has 0 fully saturated rings. The molecule has 0 aliphatic heterocycles. The summed E-state index contributed by atoms with van der Waals surface area (Å²) in [5, 5.41) is 10.8. The zero-order valence-electron chi connectivity index (χ0n) is 11.4. The van der Waals surface area contributed by atoms with E-state index in [1.807, 2.05) is 31.2 Å². The summed E-state index contributed by atoms with van der Waals surface area (Å²) in [6.45, 7) is 4.15. The average molecular weight is 285 g/mol. The third-order valence-electron chi connectivity index (χ3n) is 3.26. The molecule has 0 radical (unpaired) electrons. The smallest absolute Gasteiger partial charge is 0.265 e. The number of carbonyl (C=O) groups is 1. The molecule has 3 rings (SSSR count). The Bertz CT molecular complexity index is 772. The number of aromatic amines is 1. The first-order valence-corrected chi connectivity index (χ1v) is 7.33. The van der Waals surface area contributed by atoms with Gasteiger partial charge in [-0.3, -0.25) is 9.89 Å². The highest BCUT2D eigenvalue weighted by Crippen LogP contribution is 2.24. The maximum atomic E-state index is 12.2. The van der Waals surface area contributed by atoms with Gasteiger partial charge in [-0.05, 0) is 43.2 Å². The summed E-state index contributed by atoms with van der Waals surface area (Å²) in [5.41, 5.74) is 2.93. The van der Waals surface area contributed by atoms with Crippen molar-refractivity contribution in [1.82, 2.24) is 10.2 Å². The Labute approximate surface area is 120 Å². The molecular formula is C15H15N3OS. The van der Waals surface area contributed by atoms with Gasteiger partial charge in [0.25, 0.3) is 5.91 Å². The molecule has 2 aromatic heterocycles. The third-order valence-corrected chi connectivity index (χ3v) is 4.64. The zero-order chi connectivity index (χ0) is 14.1. The number of nitrogens with zero attached hydrogens (tertiary/aromatic N) is 1. The number of carbonyl (C=O) groups excluding carboxylic acids is 1. The van der Waals surface area contributed by atoms with Gasteiger partial charge in [0.1, 0.15) is 0 Å². The molecule has 2 heterocycles. The van der Waals surface area contributed by atoms with Crippen LogP contribution in [0.25, 0.3) is 10.9 Å². The van der Waals surface area contributed by atoms with E-state index in [0.717, 1.165) is 27.9 Å². The zero-order valence-corrected chi connectivity index (χ0v) is 12.2. The molecule has 0 atom stereocenters. The first-order valence-electron chi connectivity index (χ1n) is 6.51. The van der Waals surface area contributed by atoms with Crippen LogP contribution in [-0.4, -0.2) is 16.1 Å². The average Bonchev–Trinajstić information content (AvgIpc) is 3.04. The van der Waals surface area contributed by atoms with E-state index in [1.54, 1.807) is 17.5 Å². The molecule has 2 N–H and O–H groups in total. The van der Waals surface area contributed by atoms with E-state index in [-0.39, 0.29) is 5.91 Å². The highest BCUT2D eigenvalue weighted by molar-refractivity contribution is 7.14. The molecule has 1 aromatic carbocycles. The van der Waals surface area contributed by atoms with Crippen LogP contribution in [0.15, 0.2) is 30.5 Å². The number of H-pyrrole nitrogens is 1. The van der Waals surface area contributed by atoms with Crippen molar-refractivity contribution in [1.29, 1.82) is 0 Å². The SMILES string of the molecule is CCc1sc(C(=O)Nc2ccc3[nH]ncc3c2)cc1C. The number of anilines is 1. The maximum Gasteiger partial charge on any atom is 0.265 e. The fraction of sp³-hybridized carbons (Fsp3) is 0.200. The number of hydrogen-bond donors (Lipinski definition) is 2. The molecule has 0 saturated carbocycles. The monoisotopic (exact) mass is 285 g/mol. The molecule has 4 nitrogen and oxygen atoms in total. The van der Waals surface area contributed by atoms with Crippen molar-refractivity contribution >= 4 is 33.8 Å². The number of amides is 1. The van der Waals surface area contributed by atoms with E-state index >= 15 is 0 Å². The molecule has 0 unspecified atom stereocenters. The number of thiophene rings is 1. The highest BCUT2D eigenvalue weighted by atomic mass is 32.1. The van der Waals surface area contributed by atoms with E-state index in [1.165, 1.54) is 10.4 Å².